The third-order valence-electron chi connectivity index (χ3n) is 4.01. The summed E-state index contributed by atoms with van der Waals surface area (Å²) in [6.07, 6.45) is 3.88. The Morgan fingerprint density at radius 2 is 2.15 bits per heavy atom. The second kappa shape index (κ2) is 8.80. The molecule has 0 bridgehead atoms. The van der Waals surface area contributed by atoms with Gasteiger partial charge >= 0.3 is 0 Å². The smallest absolute Gasteiger partial charge is 0.251 e. The van der Waals surface area contributed by atoms with Crippen LogP contribution >= 0.6 is 11.8 Å². The molecule has 2 heterocycles. The maximum atomic E-state index is 12.5. The molecule has 0 radical (unpaired) electrons. The number of amides is 1. The Bertz CT molecular complexity index is 893. The monoisotopic (exact) mass is 369 g/mol. The van der Waals surface area contributed by atoms with Gasteiger partial charge in [0.1, 0.15) is 5.52 Å². The van der Waals surface area contributed by atoms with Gasteiger partial charge in [0.2, 0.25) is 0 Å². The minimum Gasteiger partial charge on any atom is -0.352 e. The largest absolute Gasteiger partial charge is 0.352 e. The van der Waals surface area contributed by atoms with Crippen LogP contribution in [-0.2, 0) is 0 Å². The lowest BCUT2D eigenvalue weighted by Crippen LogP contribution is -2.25. The van der Waals surface area contributed by atoms with Gasteiger partial charge in [0.05, 0.1) is 5.69 Å². The van der Waals surface area contributed by atoms with E-state index in [0.717, 1.165) is 28.9 Å². The summed E-state index contributed by atoms with van der Waals surface area (Å²) in [6, 6.07) is 9.31. The van der Waals surface area contributed by atoms with Gasteiger partial charge in [-0.2, -0.15) is 16.4 Å². The average Bonchev–Trinajstić information content (AvgIpc) is 3.09. The van der Waals surface area contributed by atoms with Crippen LogP contribution in [0.5, 0.6) is 0 Å². The fourth-order valence-electron chi connectivity index (χ4n) is 2.63. The molecule has 6 nitrogen and oxygen atoms in total. The maximum Gasteiger partial charge on any atom is 0.251 e. The number of aromatic nitrogens is 4. The van der Waals surface area contributed by atoms with Crippen molar-refractivity contribution >= 4 is 28.8 Å². The van der Waals surface area contributed by atoms with Crippen molar-refractivity contribution in [2.45, 2.75) is 26.7 Å². The van der Waals surface area contributed by atoms with Crippen LogP contribution in [0.1, 0.15) is 35.7 Å². The van der Waals surface area contributed by atoms with Gasteiger partial charge in [-0.3, -0.25) is 4.79 Å². The van der Waals surface area contributed by atoms with Crippen molar-refractivity contribution in [3.05, 3.63) is 47.7 Å². The number of pyridine rings is 1. The van der Waals surface area contributed by atoms with E-state index in [2.05, 4.69) is 27.5 Å². The number of hydrogen-bond donors (Lipinski definition) is 1. The summed E-state index contributed by atoms with van der Waals surface area (Å²) in [5, 5.41) is 11.3. The summed E-state index contributed by atoms with van der Waals surface area (Å²) in [4.78, 5) is 16.8. The summed E-state index contributed by atoms with van der Waals surface area (Å²) < 4.78 is 1.68. The molecule has 0 saturated carbocycles. The van der Waals surface area contributed by atoms with E-state index in [4.69, 9.17) is 0 Å². The molecule has 7 heteroatoms. The number of hydrogen-bond acceptors (Lipinski definition) is 5. The van der Waals surface area contributed by atoms with Gasteiger partial charge in [0.25, 0.3) is 5.91 Å². The molecule has 26 heavy (non-hydrogen) atoms. The van der Waals surface area contributed by atoms with Crippen molar-refractivity contribution < 1.29 is 4.79 Å². The highest BCUT2D eigenvalue weighted by Crippen LogP contribution is 2.19. The van der Waals surface area contributed by atoms with Crippen LogP contribution in [0.15, 0.2) is 36.5 Å². The highest BCUT2D eigenvalue weighted by Gasteiger charge is 2.13. The first-order valence-electron chi connectivity index (χ1n) is 8.84. The SMILES string of the molecule is CCCSCCCNC(=O)c1ccc(C)c(-n2nnc3cccnc32)c1. The van der Waals surface area contributed by atoms with Crippen LogP contribution < -0.4 is 5.32 Å². The molecule has 0 saturated heterocycles. The van der Waals surface area contributed by atoms with E-state index in [1.165, 1.54) is 12.2 Å². The molecule has 2 aromatic heterocycles. The Labute approximate surface area is 157 Å². The molecule has 0 spiro atoms. The lowest BCUT2D eigenvalue weighted by atomic mass is 10.1. The van der Waals surface area contributed by atoms with Gasteiger partial charge in [-0.15, -0.1) is 5.10 Å². The van der Waals surface area contributed by atoms with E-state index in [1.54, 1.807) is 10.9 Å². The summed E-state index contributed by atoms with van der Waals surface area (Å²) in [5.74, 6) is 2.18. The highest BCUT2D eigenvalue weighted by atomic mass is 32.2. The van der Waals surface area contributed by atoms with Crippen LogP contribution in [-0.4, -0.2) is 43.9 Å². The zero-order valence-electron chi connectivity index (χ0n) is 15.1. The molecule has 0 aliphatic rings. The molecule has 0 atom stereocenters. The molecule has 136 valence electrons. The van der Waals surface area contributed by atoms with Gasteiger partial charge in [-0.1, -0.05) is 18.2 Å². The zero-order valence-corrected chi connectivity index (χ0v) is 15.9. The number of nitrogens with one attached hydrogen (secondary N) is 1. The topological polar surface area (TPSA) is 72.7 Å². The maximum absolute atomic E-state index is 12.5. The van der Waals surface area contributed by atoms with Gasteiger partial charge < -0.3 is 5.32 Å². The first-order valence-corrected chi connectivity index (χ1v) is 9.99. The Morgan fingerprint density at radius 3 is 3.00 bits per heavy atom. The Kier molecular flexibility index (Phi) is 6.22. The van der Waals surface area contributed by atoms with Gasteiger partial charge in [0, 0.05) is 18.3 Å². The quantitative estimate of drug-likeness (QED) is 0.616. The van der Waals surface area contributed by atoms with Crippen molar-refractivity contribution in [1.82, 2.24) is 25.3 Å². The number of benzene rings is 1. The number of rotatable bonds is 8. The normalized spacial score (nSPS) is 11.0. The van der Waals surface area contributed by atoms with Gasteiger partial charge in [-0.25, -0.2) is 4.98 Å². The minimum atomic E-state index is -0.0656. The Hall–Kier alpha value is -2.41. The average molecular weight is 369 g/mol. The van der Waals surface area contributed by atoms with E-state index in [0.29, 0.717) is 17.8 Å². The van der Waals surface area contributed by atoms with Crippen molar-refractivity contribution in [3.8, 4) is 5.69 Å². The molecule has 0 aliphatic carbocycles. The predicted molar refractivity (Wildman–Crippen MR) is 106 cm³/mol. The second-order valence-electron chi connectivity index (χ2n) is 6.07. The molecular weight excluding hydrogens is 346 g/mol. The standard InChI is InChI=1S/C19H23N5OS/c1-3-11-26-12-5-10-21-19(25)15-8-7-14(2)17(13-15)24-18-16(22-23-24)6-4-9-20-18/h4,6-9,13H,3,5,10-12H2,1-2H3,(H,21,25). The van der Waals surface area contributed by atoms with Crippen LogP contribution in [0, 0.1) is 6.92 Å². The van der Waals surface area contributed by atoms with Crippen molar-refractivity contribution in [2.24, 2.45) is 0 Å². The minimum absolute atomic E-state index is 0.0656. The van der Waals surface area contributed by atoms with E-state index in [9.17, 15) is 4.79 Å². The van der Waals surface area contributed by atoms with Gasteiger partial charge in [-0.05, 0) is 61.1 Å². The number of carbonyl (C=O) groups excluding carboxylic acids is 1. The molecule has 1 amide bonds. The molecule has 1 aromatic carbocycles. The predicted octanol–water partition coefficient (Wildman–Crippen LogP) is 3.39. The highest BCUT2D eigenvalue weighted by molar-refractivity contribution is 7.99. The molecule has 3 aromatic rings. The number of fused-ring (bicyclic) bond motifs is 1. The van der Waals surface area contributed by atoms with Crippen LogP contribution in [0.4, 0.5) is 0 Å². The molecule has 0 unspecified atom stereocenters. The van der Waals surface area contributed by atoms with E-state index in [1.807, 2.05) is 49.0 Å². The van der Waals surface area contributed by atoms with E-state index < -0.39 is 0 Å². The second-order valence-corrected chi connectivity index (χ2v) is 7.30. The van der Waals surface area contributed by atoms with Crippen LogP contribution in [0.3, 0.4) is 0 Å². The van der Waals surface area contributed by atoms with Crippen molar-refractivity contribution in [3.63, 3.8) is 0 Å². The number of nitrogens with zero attached hydrogens (tertiary/aromatic N) is 4. The number of aryl methyl sites for hydroxylation is 1. The molecule has 0 fully saturated rings. The number of thioether (sulfide) groups is 1. The fourth-order valence-corrected chi connectivity index (χ4v) is 3.47. The van der Waals surface area contributed by atoms with E-state index in [-0.39, 0.29) is 5.91 Å². The third kappa shape index (κ3) is 4.22. The lowest BCUT2D eigenvalue weighted by molar-refractivity contribution is 0.0954. The summed E-state index contributed by atoms with van der Waals surface area (Å²) in [7, 11) is 0. The molecule has 1 N–H and O–H groups in total. The van der Waals surface area contributed by atoms with Gasteiger partial charge in [0.15, 0.2) is 5.65 Å². The van der Waals surface area contributed by atoms with Crippen LogP contribution in [0.2, 0.25) is 0 Å². The zero-order chi connectivity index (χ0) is 18.4. The first kappa shape index (κ1) is 18.4. The Morgan fingerprint density at radius 1 is 1.27 bits per heavy atom. The first-order chi connectivity index (χ1) is 12.7. The van der Waals surface area contributed by atoms with Crippen molar-refractivity contribution in [2.75, 3.05) is 18.1 Å². The molecule has 0 aliphatic heterocycles. The lowest BCUT2D eigenvalue weighted by Gasteiger charge is -2.10. The summed E-state index contributed by atoms with van der Waals surface area (Å²) >= 11 is 1.93. The summed E-state index contributed by atoms with van der Waals surface area (Å²) in [5.41, 5.74) is 3.85. The van der Waals surface area contributed by atoms with Crippen LogP contribution in [0.25, 0.3) is 16.9 Å². The number of carbonyl (C=O) groups is 1. The summed E-state index contributed by atoms with van der Waals surface area (Å²) in [6.45, 7) is 4.85. The van der Waals surface area contributed by atoms with Crippen molar-refractivity contribution in [1.29, 1.82) is 0 Å². The fraction of sp³-hybridized carbons (Fsp3) is 0.368. The third-order valence-corrected chi connectivity index (χ3v) is 5.28. The molecular formula is C19H23N5OS. The van der Waals surface area contributed by atoms with E-state index >= 15 is 0 Å². The Balaban J connectivity index is 1.72. The molecule has 3 rings (SSSR count).